The molecular weight excluding hydrogens is 416 g/mol. The Morgan fingerprint density at radius 1 is 1.16 bits per heavy atom. The van der Waals surface area contributed by atoms with Crippen molar-refractivity contribution >= 4 is 25.0 Å². The van der Waals surface area contributed by atoms with Gasteiger partial charge in [0.2, 0.25) is 0 Å². The number of ether oxygens (including phenoxy) is 2. The Morgan fingerprint density at radius 3 is 2.25 bits per heavy atom. The fraction of sp³-hybridized carbons (Fsp3) is 0.652. The van der Waals surface area contributed by atoms with Gasteiger partial charge in [0.25, 0.3) is 0 Å². The van der Waals surface area contributed by atoms with E-state index in [1.807, 2.05) is 0 Å². The van der Waals surface area contributed by atoms with Crippen molar-refractivity contribution in [2.75, 3.05) is 6.61 Å². The highest BCUT2D eigenvalue weighted by molar-refractivity contribution is 6.47. The molecule has 0 aliphatic heterocycles. The van der Waals surface area contributed by atoms with Crippen LogP contribution in [0.1, 0.15) is 79.0 Å². The Balaban J connectivity index is 3.26. The van der Waals surface area contributed by atoms with Crippen molar-refractivity contribution in [2.24, 2.45) is 0 Å². The molecule has 7 nitrogen and oxygen atoms in total. The van der Waals surface area contributed by atoms with Gasteiger partial charge in [0.05, 0.1) is 30.3 Å². The van der Waals surface area contributed by atoms with Crippen LogP contribution in [0.2, 0.25) is 0 Å². The van der Waals surface area contributed by atoms with E-state index in [1.54, 1.807) is 74.4 Å². The largest absolute Gasteiger partial charge is 0.466 e. The molecule has 0 saturated carbocycles. The maximum atomic E-state index is 15.1. The fourth-order valence-corrected chi connectivity index (χ4v) is 2.73. The Kier molecular flexibility index (Phi) is 9.30. The fourth-order valence-electron chi connectivity index (χ4n) is 2.73. The first-order valence-corrected chi connectivity index (χ1v) is 10.8. The van der Waals surface area contributed by atoms with Gasteiger partial charge in [-0.1, -0.05) is 17.6 Å². The second-order valence-corrected chi connectivity index (χ2v) is 9.88. The Morgan fingerprint density at radius 2 is 1.75 bits per heavy atom. The molecule has 180 valence electrons. The summed E-state index contributed by atoms with van der Waals surface area (Å²) in [5.41, 5.74) is -1.63. The highest BCUT2D eigenvalue weighted by Crippen LogP contribution is 2.26. The summed E-state index contributed by atoms with van der Waals surface area (Å²) in [6.45, 7) is 15.4. The van der Waals surface area contributed by atoms with Gasteiger partial charge in [0, 0.05) is 5.56 Å². The third-order valence-corrected chi connectivity index (χ3v) is 5.16. The van der Waals surface area contributed by atoms with Gasteiger partial charge >= 0.3 is 19.5 Å². The highest BCUT2D eigenvalue weighted by Gasteiger charge is 2.36. The van der Waals surface area contributed by atoms with E-state index in [0.717, 1.165) is 0 Å². The molecule has 1 aromatic carbocycles. The second-order valence-electron chi connectivity index (χ2n) is 9.88. The van der Waals surface area contributed by atoms with Crippen molar-refractivity contribution < 1.29 is 33.2 Å². The van der Waals surface area contributed by atoms with E-state index in [1.165, 1.54) is 0 Å². The number of aryl methyl sites for hydroxylation is 1. The number of carbonyl (C=O) groups is 2. The molecule has 1 aromatic rings. The minimum atomic E-state index is -1.10. The molecule has 1 unspecified atom stereocenters. The summed E-state index contributed by atoms with van der Waals surface area (Å²) in [5.74, 6) is -1.11. The molecule has 0 spiro atoms. The normalized spacial score (nSPS) is 13.3. The van der Waals surface area contributed by atoms with Crippen LogP contribution in [0.5, 0.6) is 0 Å². The molecule has 2 N–H and O–H groups in total. The van der Waals surface area contributed by atoms with E-state index in [2.05, 4.69) is 5.32 Å². The maximum Gasteiger partial charge on any atom is 0.408 e. The summed E-state index contributed by atoms with van der Waals surface area (Å²) in [6, 6.07) is 2.18. The summed E-state index contributed by atoms with van der Waals surface area (Å²) in [4.78, 5) is 24.5. The summed E-state index contributed by atoms with van der Waals surface area (Å²) < 4.78 is 31.3. The van der Waals surface area contributed by atoms with Gasteiger partial charge in [0.15, 0.2) is 0 Å². The van der Waals surface area contributed by atoms with E-state index < -0.39 is 40.7 Å². The summed E-state index contributed by atoms with van der Waals surface area (Å²) >= 11 is 0. The van der Waals surface area contributed by atoms with Crippen LogP contribution in [-0.2, 0) is 18.9 Å². The third kappa shape index (κ3) is 8.43. The monoisotopic (exact) mass is 453 g/mol. The minimum Gasteiger partial charge on any atom is -0.466 e. The van der Waals surface area contributed by atoms with Gasteiger partial charge in [0.1, 0.15) is 11.4 Å². The van der Waals surface area contributed by atoms with Gasteiger partial charge in [-0.15, -0.1) is 0 Å². The lowest BCUT2D eigenvalue weighted by atomic mass is 9.80. The molecule has 0 aromatic heterocycles. The lowest BCUT2D eigenvalue weighted by Gasteiger charge is -2.37. The molecule has 32 heavy (non-hydrogen) atoms. The number of hydrogen-bond acceptors (Lipinski definition) is 6. The van der Waals surface area contributed by atoms with E-state index >= 15 is 4.39 Å². The van der Waals surface area contributed by atoms with Crippen molar-refractivity contribution in [1.82, 2.24) is 5.32 Å². The number of amides is 1. The summed E-state index contributed by atoms with van der Waals surface area (Å²) in [5, 5.41) is 12.9. The van der Waals surface area contributed by atoms with Gasteiger partial charge in [-0.05, 0) is 67.9 Å². The van der Waals surface area contributed by atoms with Gasteiger partial charge in [-0.2, -0.15) is 0 Å². The third-order valence-electron chi connectivity index (χ3n) is 5.16. The summed E-state index contributed by atoms with van der Waals surface area (Å²) in [7, 11) is 0.101. The lowest BCUT2D eigenvalue weighted by Crippen LogP contribution is -2.49. The molecule has 9 heteroatoms. The molecule has 0 bridgehead atoms. The van der Waals surface area contributed by atoms with Crippen LogP contribution in [0.4, 0.5) is 9.18 Å². The number of rotatable bonds is 9. The SMILES string of the molecule is CCOC(=O)CC(NC(=O)OC(C)(C)C)c1cc(BOC(C)(C)C(C)(C)O)cc(C)c1F. The number of benzene rings is 1. The van der Waals surface area contributed by atoms with Crippen LogP contribution < -0.4 is 10.8 Å². The van der Waals surface area contributed by atoms with Crippen LogP contribution in [0.3, 0.4) is 0 Å². The molecule has 1 atom stereocenters. The number of hydrogen-bond donors (Lipinski definition) is 2. The molecule has 0 aliphatic rings. The van der Waals surface area contributed by atoms with Gasteiger partial charge < -0.3 is 24.6 Å². The van der Waals surface area contributed by atoms with Gasteiger partial charge in [-0.25, -0.2) is 9.18 Å². The Bertz CT molecular complexity index is 814. The number of nitrogens with one attached hydrogen (secondary N) is 1. The molecule has 0 fully saturated rings. The molecule has 0 saturated heterocycles. The first-order chi connectivity index (χ1) is 14.5. The highest BCUT2D eigenvalue weighted by atomic mass is 19.1. The zero-order valence-electron chi connectivity index (χ0n) is 20.7. The van der Waals surface area contributed by atoms with Crippen LogP contribution in [-0.4, -0.2) is 48.1 Å². The second kappa shape index (κ2) is 10.7. The average molecular weight is 453 g/mol. The van der Waals surface area contributed by atoms with Crippen LogP contribution in [0.25, 0.3) is 0 Å². The Hall–Kier alpha value is -2.13. The molecule has 0 radical (unpaired) electrons. The number of esters is 1. The molecule has 1 amide bonds. The average Bonchev–Trinajstić information content (AvgIpc) is 2.59. The van der Waals surface area contributed by atoms with Crippen molar-refractivity contribution in [2.45, 2.75) is 91.6 Å². The van der Waals surface area contributed by atoms with E-state index in [9.17, 15) is 14.7 Å². The van der Waals surface area contributed by atoms with Gasteiger partial charge in [-0.3, -0.25) is 4.79 Å². The smallest absolute Gasteiger partial charge is 0.408 e. The first kappa shape index (κ1) is 27.9. The van der Waals surface area contributed by atoms with Crippen LogP contribution in [0, 0.1) is 12.7 Å². The topological polar surface area (TPSA) is 94.1 Å². The quantitative estimate of drug-likeness (QED) is 0.441. The molecule has 1 rings (SSSR count). The van der Waals surface area contributed by atoms with Crippen molar-refractivity contribution in [3.63, 3.8) is 0 Å². The maximum absolute atomic E-state index is 15.1. The lowest BCUT2D eigenvalue weighted by molar-refractivity contribution is -0.143. The molecular formula is C23H37BFNO6. The zero-order chi connectivity index (χ0) is 24.9. The standard InChI is InChI=1S/C23H37BFNO6/c1-10-30-18(27)13-17(26-20(28)31-21(3,4)5)16-12-15(11-14(2)19(16)25)24-32-23(8,9)22(6,7)29/h11-12,17,24,29H,10,13H2,1-9H3,(H,26,28). The van der Waals surface area contributed by atoms with Crippen molar-refractivity contribution in [3.8, 4) is 0 Å². The predicted molar refractivity (Wildman–Crippen MR) is 123 cm³/mol. The minimum absolute atomic E-state index is 0.101. The number of alkyl carbamates (subject to hydrolysis) is 1. The Labute approximate surface area is 191 Å². The number of halogens is 1. The van der Waals surface area contributed by atoms with E-state index in [-0.39, 0.29) is 26.1 Å². The number of aliphatic hydroxyl groups is 1. The van der Waals surface area contributed by atoms with Crippen molar-refractivity contribution in [1.29, 1.82) is 0 Å². The van der Waals surface area contributed by atoms with Crippen LogP contribution in [0.15, 0.2) is 12.1 Å². The molecule has 0 aliphatic carbocycles. The first-order valence-electron chi connectivity index (χ1n) is 10.8. The van der Waals surface area contributed by atoms with E-state index in [4.69, 9.17) is 14.1 Å². The zero-order valence-corrected chi connectivity index (χ0v) is 20.7. The number of carbonyl (C=O) groups excluding carboxylic acids is 2. The summed E-state index contributed by atoms with van der Waals surface area (Å²) in [6.07, 6.45) is -1.03. The predicted octanol–water partition coefficient (Wildman–Crippen LogP) is 3.20. The van der Waals surface area contributed by atoms with E-state index in [0.29, 0.717) is 11.0 Å². The molecule has 0 heterocycles. The van der Waals surface area contributed by atoms with Crippen LogP contribution >= 0.6 is 0 Å². The van der Waals surface area contributed by atoms with Crippen molar-refractivity contribution in [3.05, 3.63) is 29.1 Å².